The number of primary amides is 1. The van der Waals surface area contributed by atoms with Crippen LogP contribution in [0.4, 0.5) is 11.4 Å². The summed E-state index contributed by atoms with van der Waals surface area (Å²) in [6, 6.07) is 9.48. The summed E-state index contributed by atoms with van der Waals surface area (Å²) in [6.45, 7) is 6.50. The summed E-state index contributed by atoms with van der Waals surface area (Å²) >= 11 is 0. The van der Waals surface area contributed by atoms with Gasteiger partial charge in [-0.2, -0.15) is 0 Å². The molecule has 10 nitrogen and oxygen atoms in total. The number of likely N-dealkylation sites (N-methyl/N-ethyl adjacent to an activating group) is 1. The van der Waals surface area contributed by atoms with Crippen molar-refractivity contribution in [3.05, 3.63) is 47.7 Å². The third kappa shape index (κ3) is 5.59. The maximum atomic E-state index is 13.4. The van der Waals surface area contributed by atoms with Crippen molar-refractivity contribution in [2.45, 2.75) is 25.8 Å². The molecule has 1 aromatic heterocycles. The standard InChI is InChI=1S/C26H34N6O4/c1-17-7-8-22(18-5-4-6-20(13-18)31-11-9-30(2)10-12-31)32(16-17)26(35)24(34)29-19-14-21(23(27)33)25(36-3)28-15-19/h4-6,13-15,17,22H,7-12,16H2,1-3H3,(H2,27,33)(H,29,34)/t17-,22?/m0/s1. The molecule has 2 atom stereocenters. The van der Waals surface area contributed by atoms with Gasteiger partial charge < -0.3 is 30.5 Å². The van der Waals surface area contributed by atoms with Gasteiger partial charge in [-0.15, -0.1) is 0 Å². The first-order valence-electron chi connectivity index (χ1n) is 12.3. The van der Waals surface area contributed by atoms with Crippen LogP contribution in [-0.2, 0) is 9.59 Å². The zero-order chi connectivity index (χ0) is 25.8. The lowest BCUT2D eigenvalue weighted by atomic mass is 9.89. The molecule has 1 unspecified atom stereocenters. The zero-order valence-corrected chi connectivity index (χ0v) is 21.1. The number of likely N-dealkylation sites (tertiary alicyclic amines) is 1. The monoisotopic (exact) mass is 494 g/mol. The molecule has 36 heavy (non-hydrogen) atoms. The molecule has 192 valence electrons. The number of anilines is 2. The average molecular weight is 495 g/mol. The number of rotatable bonds is 5. The van der Waals surface area contributed by atoms with Gasteiger partial charge in [0, 0.05) is 38.4 Å². The van der Waals surface area contributed by atoms with Crippen LogP contribution in [0.5, 0.6) is 5.88 Å². The van der Waals surface area contributed by atoms with Crippen LogP contribution in [0.2, 0.25) is 0 Å². The third-order valence-corrected chi connectivity index (χ3v) is 6.96. The van der Waals surface area contributed by atoms with Gasteiger partial charge in [-0.1, -0.05) is 19.1 Å². The minimum atomic E-state index is -0.785. The molecule has 0 spiro atoms. The molecule has 2 aliphatic heterocycles. The highest BCUT2D eigenvalue weighted by Crippen LogP contribution is 2.35. The Morgan fingerprint density at radius 1 is 1.11 bits per heavy atom. The summed E-state index contributed by atoms with van der Waals surface area (Å²) in [4.78, 5) is 48.4. The van der Waals surface area contributed by atoms with Gasteiger partial charge in [0.1, 0.15) is 5.56 Å². The van der Waals surface area contributed by atoms with Crippen molar-refractivity contribution in [1.82, 2.24) is 14.8 Å². The number of carbonyl (C=O) groups excluding carboxylic acids is 3. The lowest BCUT2D eigenvalue weighted by molar-refractivity contribution is -0.146. The largest absolute Gasteiger partial charge is 0.480 e. The Morgan fingerprint density at radius 3 is 2.56 bits per heavy atom. The minimum absolute atomic E-state index is 0.0212. The molecule has 2 aromatic rings. The molecule has 0 aliphatic carbocycles. The number of piperazine rings is 1. The second-order valence-corrected chi connectivity index (χ2v) is 9.64. The summed E-state index contributed by atoms with van der Waals surface area (Å²) in [5, 5.41) is 2.57. The van der Waals surface area contributed by atoms with Crippen molar-refractivity contribution in [3.63, 3.8) is 0 Å². The van der Waals surface area contributed by atoms with Crippen molar-refractivity contribution in [2.24, 2.45) is 11.7 Å². The second-order valence-electron chi connectivity index (χ2n) is 9.64. The van der Waals surface area contributed by atoms with Crippen LogP contribution in [-0.4, -0.2) is 79.4 Å². The molecule has 1 aromatic carbocycles. The molecule has 0 bridgehead atoms. The Balaban J connectivity index is 1.53. The number of carbonyl (C=O) groups is 3. The lowest BCUT2D eigenvalue weighted by Crippen LogP contribution is -2.46. The predicted molar refractivity (Wildman–Crippen MR) is 137 cm³/mol. The van der Waals surface area contributed by atoms with Crippen LogP contribution in [0.25, 0.3) is 0 Å². The first-order chi connectivity index (χ1) is 17.3. The third-order valence-electron chi connectivity index (χ3n) is 6.96. The summed E-state index contributed by atoms with van der Waals surface area (Å²) < 4.78 is 5.04. The van der Waals surface area contributed by atoms with E-state index in [9.17, 15) is 14.4 Å². The van der Waals surface area contributed by atoms with Crippen LogP contribution in [0, 0.1) is 5.92 Å². The summed E-state index contributed by atoms with van der Waals surface area (Å²) in [5.41, 5.74) is 7.77. The highest BCUT2D eigenvalue weighted by atomic mass is 16.5. The number of methoxy groups -OCH3 is 1. The van der Waals surface area contributed by atoms with E-state index in [0.29, 0.717) is 6.54 Å². The van der Waals surface area contributed by atoms with Crippen molar-refractivity contribution >= 4 is 29.1 Å². The molecule has 4 rings (SSSR count). The Labute approximate surface area is 211 Å². The minimum Gasteiger partial charge on any atom is -0.480 e. The van der Waals surface area contributed by atoms with Crippen LogP contribution in [0.1, 0.15) is 41.7 Å². The van der Waals surface area contributed by atoms with E-state index in [1.807, 2.05) is 12.1 Å². The molecule has 10 heteroatoms. The number of benzene rings is 1. The number of nitrogens with zero attached hydrogens (tertiary/aromatic N) is 4. The van der Waals surface area contributed by atoms with Crippen molar-refractivity contribution in [2.75, 3.05) is 57.1 Å². The number of pyridine rings is 1. The van der Waals surface area contributed by atoms with Gasteiger partial charge in [-0.05, 0) is 49.6 Å². The molecular formula is C26H34N6O4. The predicted octanol–water partition coefficient (Wildman–Crippen LogP) is 1.88. The molecule has 3 amide bonds. The molecule has 2 fully saturated rings. The maximum absolute atomic E-state index is 13.4. The highest BCUT2D eigenvalue weighted by molar-refractivity contribution is 6.39. The van der Waals surface area contributed by atoms with Crippen LogP contribution in [0.3, 0.4) is 0 Å². The highest BCUT2D eigenvalue weighted by Gasteiger charge is 2.34. The number of nitrogens with one attached hydrogen (secondary N) is 1. The van der Waals surface area contributed by atoms with E-state index in [4.69, 9.17) is 10.5 Å². The molecule has 0 saturated carbocycles. The number of ether oxygens (including phenoxy) is 1. The Hall–Kier alpha value is -3.66. The summed E-state index contributed by atoms with van der Waals surface area (Å²) in [6.07, 6.45) is 3.08. The summed E-state index contributed by atoms with van der Waals surface area (Å²) in [5.74, 6) is -1.81. The maximum Gasteiger partial charge on any atom is 0.313 e. The molecule has 3 heterocycles. The smallest absolute Gasteiger partial charge is 0.313 e. The first-order valence-corrected chi connectivity index (χ1v) is 12.3. The molecule has 2 saturated heterocycles. The quantitative estimate of drug-likeness (QED) is 0.609. The fourth-order valence-electron chi connectivity index (χ4n) is 4.89. The molecule has 3 N–H and O–H groups in total. The van der Waals surface area contributed by atoms with Crippen LogP contribution >= 0.6 is 0 Å². The van der Waals surface area contributed by atoms with Crippen LogP contribution < -0.4 is 20.7 Å². The van der Waals surface area contributed by atoms with Gasteiger partial charge >= 0.3 is 11.8 Å². The SMILES string of the molecule is COc1ncc(NC(=O)C(=O)N2C[C@@H](C)CCC2c2cccc(N3CCN(C)CC3)c2)cc1C(N)=O. The fraction of sp³-hybridized carbons (Fsp3) is 0.462. The number of aromatic nitrogens is 1. The fourth-order valence-corrected chi connectivity index (χ4v) is 4.89. The number of nitrogens with two attached hydrogens (primary N) is 1. The van der Waals surface area contributed by atoms with Gasteiger partial charge in [-0.3, -0.25) is 14.4 Å². The van der Waals surface area contributed by atoms with E-state index < -0.39 is 17.7 Å². The molecule has 0 radical (unpaired) electrons. The van der Waals surface area contributed by atoms with E-state index in [2.05, 4.69) is 46.2 Å². The van der Waals surface area contributed by atoms with E-state index >= 15 is 0 Å². The number of hydrogen-bond donors (Lipinski definition) is 2. The van der Waals surface area contributed by atoms with E-state index in [1.165, 1.54) is 19.4 Å². The average Bonchev–Trinajstić information content (AvgIpc) is 2.88. The number of amides is 3. The van der Waals surface area contributed by atoms with Gasteiger partial charge in [0.05, 0.1) is 25.0 Å². The van der Waals surface area contributed by atoms with Gasteiger partial charge in [0.15, 0.2) is 0 Å². The topological polar surface area (TPSA) is 121 Å². The molecular weight excluding hydrogens is 460 g/mol. The Bertz CT molecular complexity index is 1130. The van der Waals surface area contributed by atoms with E-state index in [1.54, 1.807) is 4.90 Å². The van der Waals surface area contributed by atoms with E-state index in [0.717, 1.165) is 50.3 Å². The van der Waals surface area contributed by atoms with Crippen molar-refractivity contribution in [3.8, 4) is 5.88 Å². The number of piperidine rings is 1. The summed E-state index contributed by atoms with van der Waals surface area (Å²) in [7, 11) is 3.50. The van der Waals surface area contributed by atoms with Crippen LogP contribution in [0.15, 0.2) is 36.5 Å². The first kappa shape index (κ1) is 25.4. The normalized spacial score (nSPS) is 20.6. The lowest BCUT2D eigenvalue weighted by Gasteiger charge is -2.39. The Morgan fingerprint density at radius 2 is 1.86 bits per heavy atom. The van der Waals surface area contributed by atoms with Gasteiger partial charge in [0.25, 0.3) is 5.91 Å². The van der Waals surface area contributed by atoms with Crippen molar-refractivity contribution < 1.29 is 19.1 Å². The zero-order valence-electron chi connectivity index (χ0n) is 21.1. The van der Waals surface area contributed by atoms with Gasteiger partial charge in [-0.25, -0.2) is 4.98 Å². The Kier molecular flexibility index (Phi) is 7.73. The second kappa shape index (κ2) is 10.9. The van der Waals surface area contributed by atoms with Gasteiger partial charge in [0.2, 0.25) is 5.88 Å². The molecule has 2 aliphatic rings. The van der Waals surface area contributed by atoms with Crippen molar-refractivity contribution in [1.29, 1.82) is 0 Å². The van der Waals surface area contributed by atoms with E-state index in [-0.39, 0.29) is 29.1 Å². The number of hydrogen-bond acceptors (Lipinski definition) is 7.